The Balaban J connectivity index is 1.70. The lowest BCUT2D eigenvalue weighted by atomic mass is 9.78. The smallest absolute Gasteiger partial charge is 0.270 e. The number of amides is 3. The Hall–Kier alpha value is -2.77. The second kappa shape index (κ2) is 6.86. The summed E-state index contributed by atoms with van der Waals surface area (Å²) in [6.45, 7) is 3.87. The van der Waals surface area contributed by atoms with Gasteiger partial charge in [-0.1, -0.05) is 26.7 Å². The number of hydrogen-bond acceptors (Lipinski definition) is 5. The second-order valence-corrected chi connectivity index (χ2v) is 7.12. The summed E-state index contributed by atoms with van der Waals surface area (Å²) in [6.07, 6.45) is 3.05. The molecule has 1 saturated carbocycles. The Morgan fingerprint density at radius 2 is 1.92 bits per heavy atom. The van der Waals surface area contributed by atoms with Gasteiger partial charge in [0.15, 0.2) is 0 Å². The highest BCUT2D eigenvalue weighted by Crippen LogP contribution is 2.30. The minimum Gasteiger partial charge on any atom is -0.352 e. The molecule has 1 fully saturated rings. The van der Waals surface area contributed by atoms with Crippen molar-refractivity contribution >= 4 is 23.4 Å². The molecule has 0 radical (unpaired) electrons. The fourth-order valence-corrected chi connectivity index (χ4v) is 3.72. The number of benzene rings is 1. The van der Waals surface area contributed by atoms with E-state index in [1.165, 1.54) is 12.1 Å². The molecule has 3 atom stereocenters. The van der Waals surface area contributed by atoms with Crippen LogP contribution in [-0.2, 0) is 4.79 Å². The number of carbonyl (C=O) groups is 3. The third-order valence-corrected chi connectivity index (χ3v) is 5.52. The monoisotopic (exact) mass is 359 g/mol. The van der Waals surface area contributed by atoms with Crippen molar-refractivity contribution in [2.75, 3.05) is 6.54 Å². The maximum atomic E-state index is 12.4. The zero-order valence-corrected chi connectivity index (χ0v) is 14.7. The molecule has 1 N–H and O–H groups in total. The number of nitro benzene ring substituents is 1. The van der Waals surface area contributed by atoms with Crippen LogP contribution in [0.5, 0.6) is 0 Å². The lowest BCUT2D eigenvalue weighted by molar-refractivity contribution is -0.384. The summed E-state index contributed by atoms with van der Waals surface area (Å²) < 4.78 is 0. The summed E-state index contributed by atoms with van der Waals surface area (Å²) in [4.78, 5) is 48.3. The molecule has 0 bridgehead atoms. The van der Waals surface area contributed by atoms with E-state index in [-0.39, 0.29) is 35.3 Å². The quantitative estimate of drug-likeness (QED) is 0.503. The first-order valence-electron chi connectivity index (χ1n) is 8.73. The van der Waals surface area contributed by atoms with Crippen LogP contribution in [-0.4, -0.2) is 40.1 Å². The lowest BCUT2D eigenvalue weighted by Crippen LogP contribution is -2.48. The zero-order valence-electron chi connectivity index (χ0n) is 14.7. The summed E-state index contributed by atoms with van der Waals surface area (Å²) in [7, 11) is 0. The Morgan fingerprint density at radius 1 is 1.23 bits per heavy atom. The maximum Gasteiger partial charge on any atom is 0.270 e. The van der Waals surface area contributed by atoms with Crippen molar-refractivity contribution in [3.63, 3.8) is 0 Å². The maximum absolute atomic E-state index is 12.4. The molecule has 2 aliphatic rings. The first kappa shape index (κ1) is 18.0. The van der Waals surface area contributed by atoms with Gasteiger partial charge in [0, 0.05) is 18.2 Å². The van der Waals surface area contributed by atoms with Crippen molar-refractivity contribution in [2.45, 2.75) is 39.2 Å². The van der Waals surface area contributed by atoms with Gasteiger partial charge in [0.2, 0.25) is 5.91 Å². The van der Waals surface area contributed by atoms with Crippen molar-refractivity contribution in [1.29, 1.82) is 0 Å². The van der Waals surface area contributed by atoms with Gasteiger partial charge in [-0.05, 0) is 24.3 Å². The standard InChI is InChI=1S/C18H21N3O5/c1-10-4-3-5-15(11(10)2)19-16(22)9-20-17(23)13-7-6-12(21(25)26)8-14(13)18(20)24/h6-8,10-11,15H,3-5,9H2,1-2H3,(H,19,22)/t10-,11-,15-/m1/s1. The number of nitrogens with one attached hydrogen (secondary N) is 1. The first-order chi connectivity index (χ1) is 12.3. The van der Waals surface area contributed by atoms with Gasteiger partial charge in [0.05, 0.1) is 16.1 Å². The molecule has 1 heterocycles. The number of rotatable bonds is 4. The zero-order chi connectivity index (χ0) is 19.0. The van der Waals surface area contributed by atoms with Gasteiger partial charge >= 0.3 is 0 Å². The molecule has 0 saturated heterocycles. The Kier molecular flexibility index (Phi) is 4.76. The molecule has 8 heteroatoms. The Morgan fingerprint density at radius 3 is 2.62 bits per heavy atom. The van der Waals surface area contributed by atoms with Crippen molar-refractivity contribution in [3.8, 4) is 0 Å². The van der Waals surface area contributed by atoms with E-state index in [0.717, 1.165) is 30.2 Å². The highest BCUT2D eigenvalue weighted by atomic mass is 16.6. The van der Waals surface area contributed by atoms with E-state index in [1.54, 1.807) is 0 Å². The summed E-state index contributed by atoms with van der Waals surface area (Å²) in [6, 6.07) is 3.55. The topological polar surface area (TPSA) is 110 Å². The Bertz CT molecular complexity index is 791. The predicted molar refractivity (Wildman–Crippen MR) is 92.6 cm³/mol. The highest BCUT2D eigenvalue weighted by Gasteiger charge is 2.38. The highest BCUT2D eigenvalue weighted by molar-refractivity contribution is 6.22. The van der Waals surface area contributed by atoms with Crippen LogP contribution in [0.2, 0.25) is 0 Å². The van der Waals surface area contributed by atoms with Gasteiger partial charge in [-0.3, -0.25) is 29.4 Å². The summed E-state index contributed by atoms with van der Waals surface area (Å²) >= 11 is 0. The van der Waals surface area contributed by atoms with Crippen LogP contribution in [0.1, 0.15) is 53.8 Å². The minimum absolute atomic E-state index is 0.0301. The molecule has 0 unspecified atom stereocenters. The fraction of sp³-hybridized carbons (Fsp3) is 0.500. The first-order valence-corrected chi connectivity index (χ1v) is 8.73. The number of fused-ring (bicyclic) bond motifs is 1. The largest absolute Gasteiger partial charge is 0.352 e. The van der Waals surface area contributed by atoms with E-state index in [1.807, 2.05) is 0 Å². The SMILES string of the molecule is C[C@@H]1[C@H](C)CCC[C@H]1NC(=O)CN1C(=O)c2ccc([N+](=O)[O-])cc2C1=O. The number of hydrogen-bond donors (Lipinski definition) is 1. The molecule has 0 spiro atoms. The van der Waals surface area contributed by atoms with Crippen molar-refractivity contribution in [1.82, 2.24) is 10.2 Å². The molecule has 3 amide bonds. The van der Waals surface area contributed by atoms with Crippen LogP contribution in [0.3, 0.4) is 0 Å². The van der Waals surface area contributed by atoms with Gasteiger partial charge in [-0.15, -0.1) is 0 Å². The molecule has 1 aromatic rings. The van der Waals surface area contributed by atoms with E-state index >= 15 is 0 Å². The van der Waals surface area contributed by atoms with Gasteiger partial charge in [0.1, 0.15) is 6.54 Å². The normalized spacial score (nSPS) is 25.2. The molecule has 3 rings (SSSR count). The molecular formula is C18H21N3O5. The average molecular weight is 359 g/mol. The van der Waals surface area contributed by atoms with E-state index in [0.29, 0.717) is 11.8 Å². The predicted octanol–water partition coefficient (Wildman–Crippen LogP) is 2.13. The Labute approximate surface area is 150 Å². The molecule has 1 aliphatic carbocycles. The van der Waals surface area contributed by atoms with Crippen molar-refractivity contribution in [3.05, 3.63) is 39.4 Å². The third-order valence-electron chi connectivity index (χ3n) is 5.52. The average Bonchev–Trinajstić information content (AvgIpc) is 2.83. The van der Waals surface area contributed by atoms with E-state index < -0.39 is 16.7 Å². The van der Waals surface area contributed by atoms with Gasteiger partial charge < -0.3 is 5.32 Å². The summed E-state index contributed by atoms with van der Waals surface area (Å²) in [5.41, 5.74) is -0.203. The number of nitrogens with zero attached hydrogens (tertiary/aromatic N) is 2. The third kappa shape index (κ3) is 3.18. The van der Waals surface area contributed by atoms with Crippen LogP contribution in [0.15, 0.2) is 18.2 Å². The van der Waals surface area contributed by atoms with Crippen LogP contribution >= 0.6 is 0 Å². The molecule has 26 heavy (non-hydrogen) atoms. The van der Waals surface area contributed by atoms with Crippen molar-refractivity contribution < 1.29 is 19.3 Å². The van der Waals surface area contributed by atoms with Gasteiger partial charge in [-0.2, -0.15) is 0 Å². The molecule has 1 aliphatic heterocycles. The molecule has 1 aromatic carbocycles. The van der Waals surface area contributed by atoms with Gasteiger partial charge in [-0.25, -0.2) is 0 Å². The minimum atomic E-state index is -0.672. The molecular weight excluding hydrogens is 338 g/mol. The molecule has 0 aromatic heterocycles. The van der Waals surface area contributed by atoms with E-state index in [9.17, 15) is 24.5 Å². The second-order valence-electron chi connectivity index (χ2n) is 7.12. The number of carbonyl (C=O) groups excluding carboxylic acids is 3. The number of non-ortho nitro benzene ring substituents is 1. The van der Waals surface area contributed by atoms with E-state index in [4.69, 9.17) is 0 Å². The molecule has 8 nitrogen and oxygen atoms in total. The van der Waals surface area contributed by atoms with Crippen LogP contribution < -0.4 is 5.32 Å². The van der Waals surface area contributed by atoms with Crippen LogP contribution in [0.25, 0.3) is 0 Å². The van der Waals surface area contributed by atoms with Gasteiger partial charge in [0.25, 0.3) is 17.5 Å². The summed E-state index contributed by atoms with van der Waals surface area (Å²) in [5.74, 6) is -0.819. The molecule has 138 valence electrons. The number of nitro groups is 1. The van der Waals surface area contributed by atoms with E-state index in [2.05, 4.69) is 19.2 Å². The number of imide groups is 1. The van der Waals surface area contributed by atoms with Crippen LogP contribution in [0, 0.1) is 22.0 Å². The lowest BCUT2D eigenvalue weighted by Gasteiger charge is -2.34. The van der Waals surface area contributed by atoms with Crippen molar-refractivity contribution in [2.24, 2.45) is 11.8 Å². The fourth-order valence-electron chi connectivity index (χ4n) is 3.72. The summed E-state index contributed by atoms with van der Waals surface area (Å²) in [5, 5.41) is 13.8. The van der Waals surface area contributed by atoms with Crippen LogP contribution in [0.4, 0.5) is 5.69 Å².